The fourth-order valence-corrected chi connectivity index (χ4v) is 2.36. The molecule has 0 spiro atoms. The van der Waals surface area contributed by atoms with Gasteiger partial charge in [-0.1, -0.05) is 36.4 Å². The molecule has 0 aliphatic carbocycles. The van der Waals surface area contributed by atoms with Gasteiger partial charge in [0, 0.05) is 13.0 Å². The summed E-state index contributed by atoms with van der Waals surface area (Å²) in [6.45, 7) is 5.21. The Morgan fingerprint density at radius 3 is 2.16 bits per heavy atom. The van der Waals surface area contributed by atoms with Crippen LogP contribution in [0, 0.1) is 0 Å². The van der Waals surface area contributed by atoms with Crippen LogP contribution in [-0.4, -0.2) is 19.1 Å². The number of nitrogens with one attached hydrogen (secondary N) is 1. The molecular formula is C21H27NO3. The van der Waals surface area contributed by atoms with Gasteiger partial charge in [0.05, 0.1) is 19.8 Å². The zero-order valence-electron chi connectivity index (χ0n) is 15.2. The van der Waals surface area contributed by atoms with E-state index in [0.717, 1.165) is 28.9 Å². The predicted octanol–water partition coefficient (Wildman–Crippen LogP) is 3.87. The zero-order chi connectivity index (χ0) is 18.1. The van der Waals surface area contributed by atoms with Crippen LogP contribution in [0.4, 0.5) is 0 Å². The summed E-state index contributed by atoms with van der Waals surface area (Å²) in [7, 11) is 1.65. The maximum atomic E-state index is 12.0. The van der Waals surface area contributed by atoms with Crippen molar-refractivity contribution in [1.29, 1.82) is 0 Å². The number of methoxy groups -OCH3 is 1. The number of ether oxygens (including phenoxy) is 2. The molecule has 1 N–H and O–H groups in total. The van der Waals surface area contributed by atoms with Crippen LogP contribution in [-0.2, 0) is 29.1 Å². The molecule has 2 aromatic carbocycles. The maximum absolute atomic E-state index is 12.0. The molecule has 0 bridgehead atoms. The van der Waals surface area contributed by atoms with Crippen LogP contribution >= 0.6 is 0 Å². The molecule has 4 heteroatoms. The smallest absolute Gasteiger partial charge is 0.220 e. The second-order valence-corrected chi connectivity index (χ2v) is 6.30. The van der Waals surface area contributed by atoms with Crippen LogP contribution in [0.25, 0.3) is 0 Å². The van der Waals surface area contributed by atoms with Crippen molar-refractivity contribution in [2.45, 2.75) is 45.9 Å². The van der Waals surface area contributed by atoms with E-state index >= 15 is 0 Å². The van der Waals surface area contributed by atoms with Gasteiger partial charge in [-0.05, 0) is 49.1 Å². The molecule has 2 rings (SSSR count). The van der Waals surface area contributed by atoms with Crippen LogP contribution in [0.2, 0.25) is 0 Å². The molecule has 0 radical (unpaired) electrons. The summed E-state index contributed by atoms with van der Waals surface area (Å²) in [5.41, 5.74) is 3.36. The highest BCUT2D eigenvalue weighted by molar-refractivity contribution is 5.76. The van der Waals surface area contributed by atoms with Gasteiger partial charge in [0.15, 0.2) is 0 Å². The summed E-state index contributed by atoms with van der Waals surface area (Å²) in [6, 6.07) is 16.0. The fourth-order valence-electron chi connectivity index (χ4n) is 2.36. The van der Waals surface area contributed by atoms with Crippen molar-refractivity contribution in [1.82, 2.24) is 5.32 Å². The number of aryl methyl sites for hydroxylation is 1. The van der Waals surface area contributed by atoms with Gasteiger partial charge in [-0.2, -0.15) is 0 Å². The third-order valence-corrected chi connectivity index (χ3v) is 3.90. The van der Waals surface area contributed by atoms with Gasteiger partial charge in [0.2, 0.25) is 5.91 Å². The van der Waals surface area contributed by atoms with Crippen LogP contribution in [0.5, 0.6) is 5.75 Å². The van der Waals surface area contributed by atoms with E-state index in [1.165, 1.54) is 0 Å². The Hall–Kier alpha value is -2.33. The van der Waals surface area contributed by atoms with Crippen molar-refractivity contribution < 1.29 is 14.3 Å². The average molecular weight is 341 g/mol. The first-order valence-corrected chi connectivity index (χ1v) is 8.66. The minimum atomic E-state index is 0.0584. The second kappa shape index (κ2) is 9.84. The lowest BCUT2D eigenvalue weighted by atomic mass is 10.1. The van der Waals surface area contributed by atoms with Crippen molar-refractivity contribution in [3.63, 3.8) is 0 Å². The zero-order valence-corrected chi connectivity index (χ0v) is 15.2. The largest absolute Gasteiger partial charge is 0.497 e. The first kappa shape index (κ1) is 19.0. The van der Waals surface area contributed by atoms with Gasteiger partial charge in [-0.3, -0.25) is 4.79 Å². The van der Waals surface area contributed by atoms with Crippen molar-refractivity contribution in [2.75, 3.05) is 7.11 Å². The summed E-state index contributed by atoms with van der Waals surface area (Å²) in [5, 5.41) is 2.97. The fraction of sp³-hybridized carbons (Fsp3) is 0.381. The van der Waals surface area contributed by atoms with Gasteiger partial charge in [0.1, 0.15) is 5.75 Å². The minimum absolute atomic E-state index is 0.0584. The Labute approximate surface area is 150 Å². The molecule has 2 aromatic rings. The third-order valence-electron chi connectivity index (χ3n) is 3.90. The Morgan fingerprint density at radius 1 is 0.960 bits per heavy atom. The van der Waals surface area contributed by atoms with Crippen LogP contribution < -0.4 is 10.1 Å². The molecule has 134 valence electrons. The molecule has 0 heterocycles. The third kappa shape index (κ3) is 6.98. The van der Waals surface area contributed by atoms with Gasteiger partial charge in [-0.25, -0.2) is 0 Å². The molecule has 0 atom stereocenters. The van der Waals surface area contributed by atoms with Crippen molar-refractivity contribution in [3.8, 4) is 5.75 Å². The summed E-state index contributed by atoms with van der Waals surface area (Å²) < 4.78 is 10.7. The molecule has 0 fully saturated rings. The molecule has 0 aromatic heterocycles. The second-order valence-electron chi connectivity index (χ2n) is 6.30. The first-order valence-electron chi connectivity index (χ1n) is 8.66. The van der Waals surface area contributed by atoms with Crippen molar-refractivity contribution in [3.05, 3.63) is 65.2 Å². The highest BCUT2D eigenvalue weighted by Crippen LogP contribution is 2.12. The molecule has 0 saturated carbocycles. The van der Waals surface area contributed by atoms with Crippen molar-refractivity contribution in [2.24, 2.45) is 0 Å². The highest BCUT2D eigenvalue weighted by atomic mass is 16.5. The molecule has 0 aliphatic rings. The van der Waals surface area contributed by atoms with E-state index in [2.05, 4.69) is 5.32 Å². The lowest BCUT2D eigenvalue weighted by molar-refractivity contribution is -0.121. The monoisotopic (exact) mass is 341 g/mol. The van der Waals surface area contributed by atoms with Crippen molar-refractivity contribution >= 4 is 5.91 Å². The van der Waals surface area contributed by atoms with E-state index in [9.17, 15) is 4.79 Å². The molecular weight excluding hydrogens is 314 g/mol. The van der Waals surface area contributed by atoms with Crippen LogP contribution in [0.1, 0.15) is 37.0 Å². The normalized spacial score (nSPS) is 10.7. The van der Waals surface area contributed by atoms with E-state index in [1.807, 2.05) is 62.4 Å². The number of amides is 1. The summed E-state index contributed by atoms with van der Waals surface area (Å²) in [4.78, 5) is 12.0. The van der Waals surface area contributed by atoms with Crippen LogP contribution in [0.3, 0.4) is 0 Å². The SMILES string of the molecule is COc1ccc(CCC(=O)NCc2ccc(COC(C)C)cc2)cc1. The Kier molecular flexibility index (Phi) is 7.48. The number of carbonyl (C=O) groups excluding carboxylic acids is 1. The summed E-state index contributed by atoms with van der Waals surface area (Å²) >= 11 is 0. The highest BCUT2D eigenvalue weighted by Gasteiger charge is 2.03. The molecule has 0 unspecified atom stereocenters. The molecule has 0 aliphatic heterocycles. The number of rotatable bonds is 9. The Morgan fingerprint density at radius 2 is 1.56 bits per heavy atom. The summed E-state index contributed by atoms with van der Waals surface area (Å²) in [6.07, 6.45) is 1.43. The standard InChI is InChI=1S/C21H27NO3/c1-16(2)25-15-19-6-4-18(5-7-19)14-22-21(23)13-10-17-8-11-20(24-3)12-9-17/h4-9,11-12,16H,10,13-15H2,1-3H3,(H,22,23). The number of carbonyl (C=O) groups is 1. The van der Waals surface area contributed by atoms with Gasteiger partial charge in [-0.15, -0.1) is 0 Å². The predicted molar refractivity (Wildman–Crippen MR) is 99.5 cm³/mol. The molecule has 25 heavy (non-hydrogen) atoms. The van der Waals surface area contributed by atoms with Gasteiger partial charge >= 0.3 is 0 Å². The van der Waals surface area contributed by atoms with Crippen LogP contribution in [0.15, 0.2) is 48.5 Å². The average Bonchev–Trinajstić information content (AvgIpc) is 2.64. The van der Waals surface area contributed by atoms with E-state index in [1.54, 1.807) is 7.11 Å². The van der Waals surface area contributed by atoms with E-state index in [4.69, 9.17) is 9.47 Å². The first-order chi connectivity index (χ1) is 12.1. The maximum Gasteiger partial charge on any atom is 0.220 e. The number of hydrogen-bond donors (Lipinski definition) is 1. The van der Waals surface area contributed by atoms with E-state index in [0.29, 0.717) is 19.6 Å². The van der Waals surface area contributed by atoms with E-state index < -0.39 is 0 Å². The lowest BCUT2D eigenvalue weighted by Gasteiger charge is -2.09. The Bertz CT molecular complexity index is 648. The summed E-state index contributed by atoms with van der Waals surface area (Å²) in [5.74, 6) is 0.887. The van der Waals surface area contributed by atoms with E-state index in [-0.39, 0.29) is 12.0 Å². The minimum Gasteiger partial charge on any atom is -0.497 e. The molecule has 4 nitrogen and oxygen atoms in total. The number of hydrogen-bond acceptors (Lipinski definition) is 3. The lowest BCUT2D eigenvalue weighted by Crippen LogP contribution is -2.23. The quantitative estimate of drug-likeness (QED) is 0.753. The Balaban J connectivity index is 1.71. The number of benzene rings is 2. The molecule has 1 amide bonds. The van der Waals surface area contributed by atoms with Gasteiger partial charge in [0.25, 0.3) is 0 Å². The molecule has 0 saturated heterocycles. The topological polar surface area (TPSA) is 47.6 Å². The van der Waals surface area contributed by atoms with Gasteiger partial charge < -0.3 is 14.8 Å².